The molecule has 0 saturated heterocycles. The molecule has 0 heterocycles. The molecule has 0 amide bonds. The molecule has 2 unspecified atom stereocenters. The molecule has 59 heavy (non-hydrogen) atoms. The molecule has 0 bridgehead atoms. The van der Waals surface area contributed by atoms with Crippen LogP contribution in [0.2, 0.25) is 0 Å². The highest BCUT2D eigenvalue weighted by Crippen LogP contribution is 2.43. The lowest BCUT2D eigenvalue weighted by Gasteiger charge is -2.24. The molecule has 0 spiro atoms. The second-order valence-corrected chi connectivity index (χ2v) is 16.6. The molecule has 334 valence electrons. The van der Waals surface area contributed by atoms with Crippen LogP contribution in [0.1, 0.15) is 123 Å². The summed E-state index contributed by atoms with van der Waals surface area (Å²) in [6.45, 7) is 3.97. The first-order valence-corrected chi connectivity index (χ1v) is 23.2. The number of hydrogen-bond donors (Lipinski definition) is 2. The number of unbranched alkanes of at least 4 members (excludes halogenated alkanes) is 5. The molecule has 0 aromatic heterocycles. The van der Waals surface area contributed by atoms with Gasteiger partial charge >= 0.3 is 19.8 Å². The van der Waals surface area contributed by atoms with Crippen molar-refractivity contribution in [1.29, 1.82) is 0 Å². The number of quaternary nitrogens is 1. The lowest BCUT2D eigenvalue weighted by atomic mass is 10.2. The number of carbonyl (C=O) groups excluding carboxylic acids is 2. The topological polar surface area (TPSA) is 129 Å². The number of phosphoric ester groups is 1. The number of phosphoric acid groups is 1. The molecule has 0 fully saturated rings. The predicted molar refractivity (Wildman–Crippen MR) is 244 cm³/mol. The number of ether oxygens (including phenoxy) is 2. The normalized spacial score (nSPS) is 15.2. The Morgan fingerprint density at radius 2 is 1.14 bits per heavy atom. The van der Waals surface area contributed by atoms with Crippen LogP contribution < -0.4 is 0 Å². The molecule has 2 N–H and O–H groups in total. The van der Waals surface area contributed by atoms with E-state index in [0.29, 0.717) is 43.1 Å². The Bertz CT molecular complexity index is 1380. The smallest absolute Gasteiger partial charge is 0.462 e. The highest BCUT2D eigenvalue weighted by atomic mass is 31.2. The maximum absolute atomic E-state index is 12.7. The van der Waals surface area contributed by atoms with Crippen LogP contribution in [-0.4, -0.2) is 86.1 Å². The summed E-state index contributed by atoms with van der Waals surface area (Å²) < 4.78 is 34.1. The predicted octanol–water partition coefficient (Wildman–Crippen LogP) is 11.3. The average molecular weight is 845 g/mol. The average Bonchev–Trinajstić information content (AvgIpc) is 3.18. The van der Waals surface area contributed by atoms with Crippen LogP contribution >= 0.6 is 7.82 Å². The zero-order valence-corrected chi connectivity index (χ0v) is 37.9. The fourth-order valence-electron chi connectivity index (χ4n) is 4.94. The van der Waals surface area contributed by atoms with Crippen LogP contribution in [0.25, 0.3) is 0 Å². The molecule has 0 radical (unpaired) electrons. The molecule has 0 aliphatic heterocycles. The SMILES string of the molecule is CC/C=C\C(O)C/C=C/C=C\C/C=C\C/C=C\CCCC(=O)OC[C@H](COP(=O)(O)OCC[N+](C)(C)C)OC(=O)CCC/C=C\C/C=C\C/C=C\C/C=C\CCCCC. The molecular formula is C48H79NO9P+. The van der Waals surface area contributed by atoms with Crippen LogP contribution in [0.15, 0.2) is 109 Å². The van der Waals surface area contributed by atoms with Crippen LogP contribution in [0, 0.1) is 0 Å². The quantitative estimate of drug-likeness (QED) is 0.0157. The Labute approximate surface area is 358 Å². The van der Waals surface area contributed by atoms with Gasteiger partial charge in [-0.25, -0.2) is 4.57 Å². The molecule has 3 atom stereocenters. The van der Waals surface area contributed by atoms with E-state index < -0.39 is 38.6 Å². The van der Waals surface area contributed by atoms with Crippen molar-refractivity contribution in [1.82, 2.24) is 0 Å². The van der Waals surface area contributed by atoms with Gasteiger partial charge in [0.05, 0.1) is 33.9 Å². The molecule has 0 saturated carbocycles. The zero-order valence-electron chi connectivity index (χ0n) is 37.0. The zero-order chi connectivity index (χ0) is 43.7. The maximum atomic E-state index is 12.7. The molecule has 0 aliphatic carbocycles. The van der Waals surface area contributed by atoms with Crippen molar-refractivity contribution in [2.24, 2.45) is 0 Å². The number of carbonyl (C=O) groups is 2. The summed E-state index contributed by atoms with van der Waals surface area (Å²) >= 11 is 0. The number of rotatable bonds is 37. The van der Waals surface area contributed by atoms with Crippen molar-refractivity contribution in [2.75, 3.05) is 47.5 Å². The van der Waals surface area contributed by atoms with E-state index in [9.17, 15) is 24.2 Å². The van der Waals surface area contributed by atoms with E-state index in [0.717, 1.165) is 44.9 Å². The summed E-state index contributed by atoms with van der Waals surface area (Å²) in [5.74, 6) is -0.970. The van der Waals surface area contributed by atoms with Crippen LogP contribution in [0.5, 0.6) is 0 Å². The highest BCUT2D eigenvalue weighted by Gasteiger charge is 2.27. The first kappa shape index (κ1) is 55.6. The van der Waals surface area contributed by atoms with Gasteiger partial charge in [0.15, 0.2) is 6.10 Å². The Morgan fingerprint density at radius 3 is 1.68 bits per heavy atom. The van der Waals surface area contributed by atoms with Crippen molar-refractivity contribution in [3.05, 3.63) is 109 Å². The molecular weight excluding hydrogens is 765 g/mol. The van der Waals surface area contributed by atoms with E-state index in [1.807, 2.05) is 82.8 Å². The second-order valence-electron chi connectivity index (χ2n) is 15.2. The first-order valence-electron chi connectivity index (χ1n) is 21.7. The van der Waals surface area contributed by atoms with E-state index >= 15 is 0 Å². The van der Waals surface area contributed by atoms with Crippen LogP contribution in [0.3, 0.4) is 0 Å². The Morgan fingerprint density at radius 1 is 0.627 bits per heavy atom. The summed E-state index contributed by atoms with van der Waals surface area (Å²) in [5.41, 5.74) is 0. The van der Waals surface area contributed by atoms with Gasteiger partial charge in [-0.2, -0.15) is 0 Å². The highest BCUT2D eigenvalue weighted by molar-refractivity contribution is 7.47. The summed E-state index contributed by atoms with van der Waals surface area (Å²) in [6.07, 6.45) is 49.2. The minimum atomic E-state index is -4.42. The monoisotopic (exact) mass is 845 g/mol. The lowest BCUT2D eigenvalue weighted by Crippen LogP contribution is -2.37. The number of nitrogens with zero attached hydrogens (tertiary/aromatic N) is 1. The fraction of sp³-hybridized carbons (Fsp3) is 0.583. The summed E-state index contributed by atoms with van der Waals surface area (Å²) in [4.78, 5) is 35.3. The van der Waals surface area contributed by atoms with Crippen molar-refractivity contribution >= 4 is 19.8 Å². The number of allylic oxidation sites excluding steroid dienone is 16. The van der Waals surface area contributed by atoms with Gasteiger partial charge in [0.1, 0.15) is 19.8 Å². The third kappa shape index (κ3) is 42.6. The molecule has 0 aliphatic rings. The molecule has 11 heteroatoms. The Kier molecular flexibility index (Phi) is 36.6. The Balaban J connectivity index is 4.62. The van der Waals surface area contributed by atoms with E-state index in [-0.39, 0.29) is 26.1 Å². The van der Waals surface area contributed by atoms with E-state index in [1.54, 1.807) is 0 Å². The van der Waals surface area contributed by atoms with Crippen molar-refractivity contribution in [2.45, 2.75) is 135 Å². The van der Waals surface area contributed by atoms with Gasteiger partial charge in [0, 0.05) is 12.8 Å². The van der Waals surface area contributed by atoms with Crippen molar-refractivity contribution < 1.29 is 47.2 Å². The van der Waals surface area contributed by atoms with Gasteiger partial charge in [-0.15, -0.1) is 0 Å². The standard InChI is InChI=1S/C48H78NO9P/c1-6-8-10-11-12-13-14-15-16-17-18-19-24-27-30-33-36-40-48(52)58-46(44-57-59(53,54)56-42-41-49(3,4)5)43-55-47(51)39-35-32-29-26-23-21-20-22-25-28-31-34-38-45(50)37-9-7-2/h9,12-13,15-16,18-21,25-31,34,37,45-46,50H,6-8,10-11,14,17,22-24,32-33,35-36,38-44H2,1-5H3/p+1/b13-12-,16-15-,19-18-,21-20-,28-25-,29-26-,30-27-,34-31+,37-9-/t45?,46-/m1/s1. The van der Waals surface area contributed by atoms with Crippen LogP contribution in [-0.2, 0) is 32.7 Å². The lowest BCUT2D eigenvalue weighted by molar-refractivity contribution is -0.870. The molecule has 10 nitrogen and oxygen atoms in total. The minimum Gasteiger partial charge on any atom is -0.462 e. The van der Waals surface area contributed by atoms with Crippen LogP contribution in [0.4, 0.5) is 0 Å². The maximum Gasteiger partial charge on any atom is 0.472 e. The third-order valence-corrected chi connectivity index (χ3v) is 9.35. The molecule has 0 rings (SSSR count). The third-order valence-electron chi connectivity index (χ3n) is 8.36. The van der Waals surface area contributed by atoms with Gasteiger partial charge in [0.2, 0.25) is 0 Å². The van der Waals surface area contributed by atoms with E-state index in [1.165, 1.54) is 19.3 Å². The minimum absolute atomic E-state index is 0.00106. The number of hydrogen-bond acceptors (Lipinski definition) is 8. The number of aliphatic hydroxyl groups excluding tert-OH is 1. The largest absolute Gasteiger partial charge is 0.472 e. The fourth-order valence-corrected chi connectivity index (χ4v) is 5.68. The van der Waals surface area contributed by atoms with Gasteiger partial charge < -0.3 is 24.0 Å². The van der Waals surface area contributed by atoms with E-state index in [4.69, 9.17) is 18.5 Å². The van der Waals surface area contributed by atoms with Gasteiger partial charge in [-0.05, 0) is 83.5 Å². The van der Waals surface area contributed by atoms with Crippen molar-refractivity contribution in [3.63, 3.8) is 0 Å². The summed E-state index contributed by atoms with van der Waals surface area (Å²) in [5, 5.41) is 9.77. The molecule has 0 aromatic carbocycles. The number of esters is 2. The van der Waals surface area contributed by atoms with E-state index in [2.05, 4.69) is 61.6 Å². The first-order chi connectivity index (χ1) is 28.4. The summed E-state index contributed by atoms with van der Waals surface area (Å²) in [6, 6.07) is 0. The Hall–Kier alpha value is -3.37. The number of likely N-dealkylation sites (N-methyl/N-ethyl adjacent to an activating group) is 1. The second kappa shape index (κ2) is 38.8. The molecule has 0 aromatic rings. The summed E-state index contributed by atoms with van der Waals surface area (Å²) in [7, 11) is 1.36. The van der Waals surface area contributed by atoms with Gasteiger partial charge in [0.25, 0.3) is 0 Å². The van der Waals surface area contributed by atoms with Gasteiger partial charge in [-0.3, -0.25) is 18.6 Å². The van der Waals surface area contributed by atoms with Gasteiger partial charge in [-0.1, -0.05) is 136 Å². The number of aliphatic hydroxyl groups is 1. The van der Waals surface area contributed by atoms with Crippen molar-refractivity contribution in [3.8, 4) is 0 Å².